The van der Waals surface area contributed by atoms with Gasteiger partial charge in [0.1, 0.15) is 5.82 Å². The maximum atomic E-state index is 6.17. The number of aryl methyl sites for hydroxylation is 2. The average Bonchev–Trinajstić information content (AvgIpc) is 2.62. The molecular weight excluding hydrogens is 256 g/mol. The van der Waals surface area contributed by atoms with Crippen molar-refractivity contribution in [3.8, 4) is 0 Å². The molecule has 1 aliphatic heterocycles. The number of aromatic nitrogens is 1. The second kappa shape index (κ2) is 6.60. The molecule has 0 aliphatic carbocycles. The molecule has 1 fully saturated rings. The highest BCUT2D eigenvalue weighted by atomic mass is 35.5. The summed E-state index contributed by atoms with van der Waals surface area (Å²) in [5, 5.41) is 0. The first-order valence-corrected chi connectivity index (χ1v) is 8.00. The van der Waals surface area contributed by atoms with E-state index in [1.165, 1.54) is 43.2 Å². The van der Waals surface area contributed by atoms with Gasteiger partial charge in [-0.3, -0.25) is 0 Å². The van der Waals surface area contributed by atoms with E-state index in [1.54, 1.807) is 0 Å². The van der Waals surface area contributed by atoms with E-state index in [0.717, 1.165) is 18.1 Å². The van der Waals surface area contributed by atoms with E-state index < -0.39 is 0 Å². The molecule has 19 heavy (non-hydrogen) atoms. The van der Waals surface area contributed by atoms with E-state index >= 15 is 0 Å². The summed E-state index contributed by atoms with van der Waals surface area (Å²) in [5.41, 5.74) is 3.59. The van der Waals surface area contributed by atoms with Gasteiger partial charge in [-0.25, -0.2) is 4.98 Å². The number of nitrogens with zero attached hydrogens (tertiary/aromatic N) is 2. The normalized spacial score (nSPS) is 20.4. The zero-order chi connectivity index (χ0) is 13.8. The van der Waals surface area contributed by atoms with Crippen LogP contribution >= 0.6 is 11.6 Å². The van der Waals surface area contributed by atoms with Gasteiger partial charge in [0.2, 0.25) is 0 Å². The first-order chi connectivity index (χ1) is 9.17. The van der Waals surface area contributed by atoms with Gasteiger partial charge in [0.25, 0.3) is 0 Å². The quantitative estimate of drug-likeness (QED) is 0.753. The zero-order valence-corrected chi connectivity index (χ0v) is 13.1. The molecule has 2 rings (SSSR count). The predicted molar refractivity (Wildman–Crippen MR) is 83.2 cm³/mol. The van der Waals surface area contributed by atoms with E-state index in [2.05, 4.69) is 31.7 Å². The minimum absolute atomic E-state index is 0.557. The monoisotopic (exact) mass is 280 g/mol. The van der Waals surface area contributed by atoms with E-state index in [4.69, 9.17) is 16.6 Å². The van der Waals surface area contributed by atoms with Gasteiger partial charge in [-0.15, -0.1) is 11.6 Å². The van der Waals surface area contributed by atoms with Gasteiger partial charge in [0, 0.05) is 23.8 Å². The van der Waals surface area contributed by atoms with Crippen molar-refractivity contribution in [3.63, 3.8) is 0 Å². The summed E-state index contributed by atoms with van der Waals surface area (Å²) >= 11 is 6.17. The number of anilines is 1. The summed E-state index contributed by atoms with van der Waals surface area (Å²) in [6, 6.07) is 2.76. The number of hydrogen-bond acceptors (Lipinski definition) is 2. The molecule has 106 valence electrons. The molecule has 0 N–H and O–H groups in total. The van der Waals surface area contributed by atoms with Crippen molar-refractivity contribution >= 4 is 17.4 Å². The lowest BCUT2D eigenvalue weighted by Crippen LogP contribution is -2.36. The Morgan fingerprint density at radius 2 is 2.11 bits per heavy atom. The fourth-order valence-electron chi connectivity index (χ4n) is 3.13. The van der Waals surface area contributed by atoms with Crippen molar-refractivity contribution in [3.05, 3.63) is 22.9 Å². The van der Waals surface area contributed by atoms with Crippen LogP contribution in [0.1, 0.15) is 55.8 Å². The Hall–Kier alpha value is -0.760. The van der Waals surface area contributed by atoms with Crippen molar-refractivity contribution in [1.29, 1.82) is 0 Å². The highest BCUT2D eigenvalue weighted by Crippen LogP contribution is 2.30. The molecule has 1 aromatic heterocycles. The van der Waals surface area contributed by atoms with E-state index in [0.29, 0.717) is 11.9 Å². The summed E-state index contributed by atoms with van der Waals surface area (Å²) in [5.74, 6) is 1.70. The van der Waals surface area contributed by atoms with Crippen molar-refractivity contribution in [2.24, 2.45) is 0 Å². The molecular formula is C16H25ClN2. The molecule has 1 unspecified atom stereocenters. The Bertz CT molecular complexity index is 431. The van der Waals surface area contributed by atoms with Crippen LogP contribution in [0.3, 0.4) is 0 Å². The van der Waals surface area contributed by atoms with E-state index in [-0.39, 0.29) is 0 Å². The van der Waals surface area contributed by atoms with Crippen molar-refractivity contribution in [2.75, 3.05) is 11.4 Å². The summed E-state index contributed by atoms with van der Waals surface area (Å²) in [4.78, 5) is 7.33. The maximum Gasteiger partial charge on any atom is 0.133 e. The Balaban J connectivity index is 2.42. The van der Waals surface area contributed by atoms with Gasteiger partial charge in [-0.2, -0.15) is 0 Å². The molecule has 1 saturated heterocycles. The summed E-state index contributed by atoms with van der Waals surface area (Å²) in [6.45, 7) is 7.63. The molecule has 0 bridgehead atoms. The first-order valence-electron chi connectivity index (χ1n) is 7.47. The van der Waals surface area contributed by atoms with Gasteiger partial charge < -0.3 is 4.90 Å². The Kier molecular flexibility index (Phi) is 5.09. The number of alkyl halides is 1. The van der Waals surface area contributed by atoms with Crippen LogP contribution in [0.5, 0.6) is 0 Å². The Labute approximate surface area is 122 Å². The third-order valence-corrected chi connectivity index (χ3v) is 4.47. The maximum absolute atomic E-state index is 6.17. The molecule has 0 saturated carbocycles. The third-order valence-electron chi connectivity index (χ3n) is 4.21. The van der Waals surface area contributed by atoms with E-state index in [1.807, 2.05) is 0 Å². The molecule has 1 atom stereocenters. The van der Waals surface area contributed by atoms with Crippen LogP contribution < -0.4 is 4.90 Å². The average molecular weight is 281 g/mol. The first kappa shape index (κ1) is 14.6. The number of hydrogen-bond donors (Lipinski definition) is 0. The summed E-state index contributed by atoms with van der Waals surface area (Å²) in [6.07, 6.45) is 6.43. The number of halogens is 1. The summed E-state index contributed by atoms with van der Waals surface area (Å²) in [7, 11) is 0. The molecule has 0 spiro atoms. The predicted octanol–water partition coefficient (Wildman–Crippen LogP) is 4.60. The second-order valence-corrected chi connectivity index (χ2v) is 5.89. The SMILES string of the molecule is CCC1CCCCCN1c1nc(C)cc(C)c1CCl. The molecule has 0 amide bonds. The number of pyridine rings is 1. The van der Waals surface area contributed by atoms with Gasteiger partial charge >= 0.3 is 0 Å². The standard InChI is InChI=1S/C16H25ClN2/c1-4-14-8-6-5-7-9-19(14)16-15(11-17)12(2)10-13(3)18-16/h10,14H,4-9,11H2,1-3H3. The molecule has 1 aromatic rings. The van der Waals surface area contributed by atoms with Crippen molar-refractivity contribution in [2.45, 2.75) is 64.8 Å². The van der Waals surface area contributed by atoms with Gasteiger partial charge in [-0.05, 0) is 44.7 Å². The molecule has 2 heterocycles. The molecule has 1 aliphatic rings. The topological polar surface area (TPSA) is 16.1 Å². The van der Waals surface area contributed by atoms with Crippen LogP contribution in [0.25, 0.3) is 0 Å². The van der Waals surface area contributed by atoms with Crippen LogP contribution in [-0.4, -0.2) is 17.6 Å². The van der Waals surface area contributed by atoms with Gasteiger partial charge in [0.15, 0.2) is 0 Å². The highest BCUT2D eigenvalue weighted by molar-refractivity contribution is 6.17. The van der Waals surface area contributed by atoms with Crippen molar-refractivity contribution < 1.29 is 0 Å². The fraction of sp³-hybridized carbons (Fsp3) is 0.688. The lowest BCUT2D eigenvalue weighted by Gasteiger charge is -2.32. The van der Waals surface area contributed by atoms with Crippen LogP contribution in [0, 0.1) is 13.8 Å². The van der Waals surface area contributed by atoms with Crippen LogP contribution in [0.15, 0.2) is 6.07 Å². The largest absolute Gasteiger partial charge is 0.353 e. The Morgan fingerprint density at radius 1 is 1.32 bits per heavy atom. The molecule has 3 heteroatoms. The van der Waals surface area contributed by atoms with Crippen LogP contribution in [-0.2, 0) is 5.88 Å². The van der Waals surface area contributed by atoms with E-state index in [9.17, 15) is 0 Å². The fourth-order valence-corrected chi connectivity index (χ4v) is 3.46. The van der Waals surface area contributed by atoms with Crippen LogP contribution in [0.2, 0.25) is 0 Å². The zero-order valence-electron chi connectivity index (χ0n) is 12.4. The van der Waals surface area contributed by atoms with Gasteiger partial charge in [-0.1, -0.05) is 19.8 Å². The van der Waals surface area contributed by atoms with Crippen molar-refractivity contribution in [1.82, 2.24) is 4.98 Å². The smallest absolute Gasteiger partial charge is 0.133 e. The van der Waals surface area contributed by atoms with Crippen LogP contribution in [0.4, 0.5) is 5.82 Å². The number of rotatable bonds is 3. The lowest BCUT2D eigenvalue weighted by molar-refractivity contribution is 0.550. The molecule has 0 aromatic carbocycles. The second-order valence-electron chi connectivity index (χ2n) is 5.62. The molecule has 2 nitrogen and oxygen atoms in total. The molecule has 0 radical (unpaired) electrons. The lowest BCUT2D eigenvalue weighted by atomic mass is 10.1. The Morgan fingerprint density at radius 3 is 2.79 bits per heavy atom. The highest BCUT2D eigenvalue weighted by Gasteiger charge is 2.23. The van der Waals surface area contributed by atoms with Gasteiger partial charge in [0.05, 0.1) is 5.88 Å². The summed E-state index contributed by atoms with van der Waals surface area (Å²) < 4.78 is 0. The minimum atomic E-state index is 0.557. The minimum Gasteiger partial charge on any atom is -0.353 e. The third kappa shape index (κ3) is 3.22.